The summed E-state index contributed by atoms with van der Waals surface area (Å²) in [5.41, 5.74) is 17.1. The number of oxazole rings is 1. The summed E-state index contributed by atoms with van der Waals surface area (Å²) in [6, 6.07) is 68.3. The van der Waals surface area contributed by atoms with Crippen LogP contribution in [0.2, 0.25) is 0 Å². The first-order valence-corrected chi connectivity index (χ1v) is 20.7. The van der Waals surface area contributed by atoms with E-state index in [1.54, 1.807) is 0 Å². The van der Waals surface area contributed by atoms with E-state index in [0.29, 0.717) is 5.89 Å². The van der Waals surface area contributed by atoms with Gasteiger partial charge >= 0.3 is 0 Å². The molecule has 1 aliphatic rings. The molecule has 0 amide bonds. The van der Waals surface area contributed by atoms with E-state index in [2.05, 4.69) is 193 Å². The molecule has 0 N–H and O–H groups in total. The summed E-state index contributed by atoms with van der Waals surface area (Å²) in [4.78, 5) is 7.53. The van der Waals surface area contributed by atoms with E-state index in [1.165, 1.54) is 54.9 Å². The molecule has 3 heterocycles. The number of anilines is 3. The Kier molecular flexibility index (Phi) is 6.75. The highest BCUT2D eigenvalue weighted by Crippen LogP contribution is 2.51. The molecule has 9 aromatic carbocycles. The number of rotatable bonds is 5. The molecule has 0 unspecified atom stereocenters. The zero-order valence-corrected chi connectivity index (χ0v) is 33.1. The van der Waals surface area contributed by atoms with E-state index in [1.807, 2.05) is 18.2 Å². The highest BCUT2D eigenvalue weighted by atomic mass is 16.3. The van der Waals surface area contributed by atoms with Crippen molar-refractivity contribution in [3.8, 4) is 33.7 Å². The monoisotopic (exact) mass is 767 g/mol. The van der Waals surface area contributed by atoms with Gasteiger partial charge in [-0.15, -0.1) is 0 Å². The second kappa shape index (κ2) is 12.2. The highest BCUT2D eigenvalue weighted by molar-refractivity contribution is 6.30. The predicted molar refractivity (Wildman–Crippen MR) is 249 cm³/mol. The van der Waals surface area contributed by atoms with Gasteiger partial charge < -0.3 is 13.7 Å². The van der Waals surface area contributed by atoms with E-state index in [-0.39, 0.29) is 5.41 Å². The van der Waals surface area contributed by atoms with Crippen molar-refractivity contribution < 1.29 is 4.42 Å². The van der Waals surface area contributed by atoms with Gasteiger partial charge in [-0.05, 0) is 111 Å². The number of aromatic nitrogens is 2. The molecule has 4 heteroatoms. The minimum Gasteiger partial charge on any atom is -0.435 e. The van der Waals surface area contributed by atoms with Gasteiger partial charge in [-0.2, -0.15) is 0 Å². The van der Waals surface area contributed by atoms with Crippen LogP contribution in [-0.4, -0.2) is 9.38 Å². The molecule has 13 rings (SSSR count). The first-order valence-electron chi connectivity index (χ1n) is 20.7. The van der Waals surface area contributed by atoms with E-state index in [4.69, 9.17) is 9.40 Å². The third kappa shape index (κ3) is 4.59. The standard InChI is InChI=1S/C56H37N3O/c1-56(2)47-21-10-8-18-42(47)43-29-27-39(32-48(43)56)58(37-25-23-35(24-26-37)41-20-12-16-34-13-6-7-17-40(34)41)38-28-30-51-45(31-38)46-33-49-54(60-55(57-49)36-14-4-3-5-15-36)52-44-19-9-11-22-50(44)59(51)53(46)52/h3-33H,1-2H3. The Morgan fingerprint density at radius 3 is 2.03 bits per heavy atom. The molecular formula is C56H37N3O. The second-order valence-electron chi connectivity index (χ2n) is 16.7. The fourth-order valence-corrected chi connectivity index (χ4v) is 10.3. The average molecular weight is 768 g/mol. The number of hydrogen-bond donors (Lipinski definition) is 0. The van der Waals surface area contributed by atoms with Crippen LogP contribution in [0.25, 0.3) is 93.7 Å². The summed E-state index contributed by atoms with van der Waals surface area (Å²) in [6.45, 7) is 4.71. The molecule has 3 aromatic heterocycles. The molecule has 12 aromatic rings. The Hall–Kier alpha value is -7.69. The number of hydrogen-bond acceptors (Lipinski definition) is 3. The van der Waals surface area contributed by atoms with Crippen molar-refractivity contribution in [1.29, 1.82) is 0 Å². The van der Waals surface area contributed by atoms with Crippen LogP contribution in [0.1, 0.15) is 25.0 Å². The van der Waals surface area contributed by atoms with Crippen LogP contribution in [0.3, 0.4) is 0 Å². The Morgan fingerprint density at radius 2 is 1.15 bits per heavy atom. The smallest absolute Gasteiger partial charge is 0.227 e. The summed E-state index contributed by atoms with van der Waals surface area (Å²) < 4.78 is 9.08. The minimum absolute atomic E-state index is 0.133. The molecule has 1 aliphatic carbocycles. The molecule has 0 spiro atoms. The van der Waals surface area contributed by atoms with E-state index < -0.39 is 0 Å². The first kappa shape index (κ1) is 33.3. The second-order valence-corrected chi connectivity index (χ2v) is 16.7. The summed E-state index contributed by atoms with van der Waals surface area (Å²) >= 11 is 0. The Morgan fingerprint density at radius 1 is 0.483 bits per heavy atom. The van der Waals surface area contributed by atoms with Gasteiger partial charge in [0.05, 0.1) is 21.9 Å². The molecule has 0 saturated heterocycles. The van der Waals surface area contributed by atoms with Gasteiger partial charge in [0.15, 0.2) is 5.58 Å². The van der Waals surface area contributed by atoms with E-state index in [9.17, 15) is 0 Å². The van der Waals surface area contributed by atoms with Gasteiger partial charge in [0.25, 0.3) is 0 Å². The molecular weight excluding hydrogens is 731 g/mol. The summed E-state index contributed by atoms with van der Waals surface area (Å²) in [5, 5.41) is 7.11. The SMILES string of the molecule is CC1(C)c2ccccc2-c2ccc(N(c3ccc(-c4cccc5ccccc45)cc3)c3ccc4c(c3)c3cc5nc(-c6ccccc6)oc5c5c6ccccc6n4c35)cc21. The van der Waals surface area contributed by atoms with Crippen LogP contribution in [-0.2, 0) is 5.41 Å². The summed E-state index contributed by atoms with van der Waals surface area (Å²) in [6.07, 6.45) is 0. The maximum atomic E-state index is 6.66. The van der Waals surface area contributed by atoms with Gasteiger partial charge in [-0.3, -0.25) is 0 Å². The molecule has 60 heavy (non-hydrogen) atoms. The molecule has 0 aliphatic heterocycles. The van der Waals surface area contributed by atoms with Gasteiger partial charge in [0.2, 0.25) is 5.89 Å². The van der Waals surface area contributed by atoms with Gasteiger partial charge in [-0.25, -0.2) is 4.98 Å². The van der Waals surface area contributed by atoms with Crippen LogP contribution < -0.4 is 4.90 Å². The van der Waals surface area contributed by atoms with E-state index >= 15 is 0 Å². The average Bonchev–Trinajstić information content (AvgIpc) is 4.03. The molecule has 0 bridgehead atoms. The Balaban J connectivity index is 1.04. The number of benzene rings is 9. The Labute approximate surface area is 346 Å². The number of fused-ring (bicyclic) bond motifs is 12. The zero-order valence-electron chi connectivity index (χ0n) is 33.1. The minimum atomic E-state index is -0.133. The van der Waals surface area contributed by atoms with Crippen molar-refractivity contribution in [3.05, 3.63) is 199 Å². The van der Waals surface area contributed by atoms with Crippen molar-refractivity contribution in [2.24, 2.45) is 0 Å². The van der Waals surface area contributed by atoms with Crippen molar-refractivity contribution in [2.45, 2.75) is 19.3 Å². The maximum absolute atomic E-state index is 6.66. The summed E-state index contributed by atoms with van der Waals surface area (Å²) in [7, 11) is 0. The maximum Gasteiger partial charge on any atom is 0.227 e. The normalized spacial score (nSPS) is 13.3. The lowest BCUT2D eigenvalue weighted by molar-refractivity contribution is 0.623. The lowest BCUT2D eigenvalue weighted by Crippen LogP contribution is -2.16. The highest BCUT2D eigenvalue weighted by Gasteiger charge is 2.36. The van der Waals surface area contributed by atoms with Gasteiger partial charge in [0, 0.05) is 44.2 Å². The quantitative estimate of drug-likeness (QED) is 0.175. The third-order valence-corrected chi connectivity index (χ3v) is 13.1. The lowest BCUT2D eigenvalue weighted by Gasteiger charge is -2.28. The van der Waals surface area contributed by atoms with Crippen LogP contribution in [0, 0.1) is 0 Å². The largest absolute Gasteiger partial charge is 0.435 e. The van der Waals surface area contributed by atoms with Crippen molar-refractivity contribution >= 4 is 77.0 Å². The molecule has 0 atom stereocenters. The van der Waals surface area contributed by atoms with Gasteiger partial charge in [-0.1, -0.05) is 135 Å². The molecule has 0 radical (unpaired) electrons. The van der Waals surface area contributed by atoms with Crippen molar-refractivity contribution in [3.63, 3.8) is 0 Å². The molecule has 0 fully saturated rings. The zero-order chi connectivity index (χ0) is 39.7. The first-order chi connectivity index (χ1) is 29.5. The topological polar surface area (TPSA) is 33.7 Å². The van der Waals surface area contributed by atoms with Crippen LogP contribution >= 0.6 is 0 Å². The Bertz CT molecular complexity index is 3680. The predicted octanol–water partition coefficient (Wildman–Crippen LogP) is 15.2. The fourth-order valence-electron chi connectivity index (χ4n) is 10.3. The fraction of sp³-hybridized carbons (Fsp3) is 0.0536. The van der Waals surface area contributed by atoms with Crippen molar-refractivity contribution in [2.75, 3.05) is 4.90 Å². The third-order valence-electron chi connectivity index (χ3n) is 13.1. The number of nitrogens with zero attached hydrogens (tertiary/aromatic N) is 3. The molecule has 282 valence electrons. The number of para-hydroxylation sites is 1. The van der Waals surface area contributed by atoms with E-state index in [0.717, 1.165) is 61.0 Å². The molecule has 4 nitrogen and oxygen atoms in total. The van der Waals surface area contributed by atoms with Crippen LogP contribution in [0.15, 0.2) is 192 Å². The van der Waals surface area contributed by atoms with Crippen LogP contribution in [0.5, 0.6) is 0 Å². The van der Waals surface area contributed by atoms with Crippen LogP contribution in [0.4, 0.5) is 17.1 Å². The molecule has 0 saturated carbocycles. The van der Waals surface area contributed by atoms with Gasteiger partial charge in [0.1, 0.15) is 5.52 Å². The summed E-state index contributed by atoms with van der Waals surface area (Å²) in [5.74, 6) is 0.634. The lowest BCUT2D eigenvalue weighted by atomic mass is 9.82. The van der Waals surface area contributed by atoms with Crippen molar-refractivity contribution in [1.82, 2.24) is 9.38 Å².